The van der Waals surface area contributed by atoms with Crippen molar-refractivity contribution < 1.29 is 51.9 Å². The molecule has 0 saturated carbocycles. The van der Waals surface area contributed by atoms with Gasteiger partial charge in [-0.15, -0.1) is 12.1 Å². The monoisotopic (exact) mass is 570 g/mol. The Morgan fingerprint density at radius 3 is 2.38 bits per heavy atom. The van der Waals surface area contributed by atoms with Gasteiger partial charge in [-0.05, 0) is 30.0 Å². The van der Waals surface area contributed by atoms with Gasteiger partial charge in [0.05, 0.1) is 0 Å². The molecule has 1 saturated heterocycles. The molecule has 5 rings (SSSR count). The predicted molar refractivity (Wildman–Crippen MR) is 133 cm³/mol. The number of amides is 3. The third-order valence-electron chi connectivity index (χ3n) is 6.22. The molecule has 8 heteroatoms. The van der Waals surface area contributed by atoms with E-state index in [1.165, 1.54) is 4.90 Å². The Morgan fingerprint density at radius 2 is 1.76 bits per heavy atom. The van der Waals surface area contributed by atoms with Gasteiger partial charge in [-0.3, -0.25) is 24.5 Å². The van der Waals surface area contributed by atoms with Crippen molar-refractivity contribution in [1.29, 1.82) is 0 Å². The summed E-state index contributed by atoms with van der Waals surface area (Å²) in [4.78, 5) is 53.9. The smallest absolute Gasteiger partial charge is 0.255 e. The number of benzene rings is 2. The van der Waals surface area contributed by atoms with Crippen molar-refractivity contribution in [2.24, 2.45) is 0 Å². The second-order valence-corrected chi connectivity index (χ2v) is 8.87. The van der Waals surface area contributed by atoms with Crippen LogP contribution < -0.4 is 5.32 Å². The number of carbonyl (C=O) groups is 4. The third kappa shape index (κ3) is 7.67. The summed E-state index contributed by atoms with van der Waals surface area (Å²) < 4.78 is 0. The van der Waals surface area contributed by atoms with Crippen molar-refractivity contribution in [3.63, 3.8) is 0 Å². The minimum absolute atomic E-state index is 0. The number of piperidine rings is 1. The third-order valence-corrected chi connectivity index (χ3v) is 6.22. The van der Waals surface area contributed by atoms with Gasteiger partial charge in [0.2, 0.25) is 11.8 Å². The average molecular weight is 570 g/mol. The van der Waals surface area contributed by atoms with E-state index in [0.717, 1.165) is 22.3 Å². The number of nitrogens with one attached hydrogen (secondary N) is 1. The zero-order valence-electron chi connectivity index (χ0n) is 20.5. The van der Waals surface area contributed by atoms with E-state index in [1.54, 1.807) is 30.6 Å². The number of imide groups is 1. The number of hydrogen-bond acceptors (Lipinski definition) is 5. The molecule has 1 radical (unpaired) electrons. The first-order chi connectivity index (χ1) is 17.4. The van der Waals surface area contributed by atoms with E-state index in [4.69, 9.17) is 0 Å². The molecule has 3 heterocycles. The van der Waals surface area contributed by atoms with Crippen LogP contribution in [0.4, 0.5) is 0 Å². The fourth-order valence-electron chi connectivity index (χ4n) is 4.32. The average Bonchev–Trinajstić information content (AvgIpc) is 3.21. The summed E-state index contributed by atoms with van der Waals surface area (Å²) in [6.45, 7) is 4.19. The number of pyridine rings is 1. The Kier molecular flexibility index (Phi) is 10.3. The Morgan fingerprint density at radius 1 is 1.05 bits per heavy atom. The van der Waals surface area contributed by atoms with Crippen LogP contribution >= 0.6 is 0 Å². The van der Waals surface area contributed by atoms with Crippen LogP contribution in [0, 0.1) is 13.0 Å². The number of Topliss-reactive ketones (excluding diaryl/α,β-unsaturated/α-hetero) is 1. The van der Waals surface area contributed by atoms with Gasteiger partial charge < -0.3 is 9.88 Å². The van der Waals surface area contributed by atoms with E-state index in [1.807, 2.05) is 36.4 Å². The van der Waals surface area contributed by atoms with Crippen LogP contribution in [0.25, 0.3) is 0 Å². The van der Waals surface area contributed by atoms with E-state index in [0.29, 0.717) is 37.8 Å². The van der Waals surface area contributed by atoms with Crippen LogP contribution in [0.5, 0.6) is 0 Å². The maximum atomic E-state index is 12.7. The second-order valence-electron chi connectivity index (χ2n) is 8.87. The fourth-order valence-corrected chi connectivity index (χ4v) is 4.32. The van der Waals surface area contributed by atoms with Crippen molar-refractivity contribution in [1.82, 2.24) is 15.2 Å². The van der Waals surface area contributed by atoms with Gasteiger partial charge in [-0.25, -0.2) is 0 Å². The van der Waals surface area contributed by atoms with Gasteiger partial charge in [0.25, 0.3) is 5.91 Å². The van der Waals surface area contributed by atoms with Gasteiger partial charge in [-0.2, -0.15) is 42.8 Å². The van der Waals surface area contributed by atoms with Gasteiger partial charge in [0, 0.05) is 64.1 Å². The molecule has 2 aromatic carbocycles. The van der Waals surface area contributed by atoms with Gasteiger partial charge in [0.1, 0.15) is 11.8 Å². The van der Waals surface area contributed by atoms with Gasteiger partial charge >= 0.3 is 0 Å². The number of hydrogen-bond donors (Lipinski definition) is 1. The summed E-state index contributed by atoms with van der Waals surface area (Å²) in [5.41, 5.74) is 4.34. The molecule has 0 bridgehead atoms. The molecule has 1 N–H and O–H groups in total. The maximum absolute atomic E-state index is 12.7. The first-order valence-corrected chi connectivity index (χ1v) is 11.9. The molecule has 0 spiro atoms. The summed E-state index contributed by atoms with van der Waals surface area (Å²) in [6.07, 6.45) is 5.40. The summed E-state index contributed by atoms with van der Waals surface area (Å²) in [5.74, 6) is -0.732. The topological polar surface area (TPSA) is 96.4 Å². The maximum Gasteiger partial charge on any atom is 0.255 e. The molecule has 1 aromatic heterocycles. The Labute approximate surface area is 241 Å². The summed E-state index contributed by atoms with van der Waals surface area (Å²) in [5, 5.41) is 2.31. The van der Waals surface area contributed by atoms with Crippen LogP contribution in [0.15, 0.2) is 67.0 Å². The number of carbonyl (C=O) groups excluding carboxylic acids is 4. The van der Waals surface area contributed by atoms with Crippen LogP contribution in [0.1, 0.15) is 51.9 Å². The van der Waals surface area contributed by atoms with E-state index in [2.05, 4.69) is 23.3 Å². The molecule has 1 fully saturated rings. The molecule has 3 aromatic rings. The van der Waals surface area contributed by atoms with Crippen molar-refractivity contribution in [2.45, 2.75) is 44.7 Å². The van der Waals surface area contributed by atoms with Crippen molar-refractivity contribution in [3.8, 4) is 0 Å². The molecule has 187 valence electrons. The molecule has 7 nitrogen and oxygen atoms in total. The number of fused-ring (bicyclic) bond motifs is 1. The number of ketones is 1. The van der Waals surface area contributed by atoms with Crippen molar-refractivity contribution >= 4 is 23.5 Å². The fraction of sp³-hybridized carbons (Fsp3) is 0.241. The molecular formula is C29H27N3O4Y-2. The Hall–Kier alpha value is -3.16. The zero-order chi connectivity index (χ0) is 25.5. The SMILES string of the molecule is [CH2-]c1ccc(CC(=O)CCc2ccc3c(c2)CN(C2CCC(=O)NC2=O)C3=O)cc1.[Y].[c-]1ccncc1. The van der Waals surface area contributed by atoms with Crippen LogP contribution in [-0.2, 0) is 66.5 Å². The van der Waals surface area contributed by atoms with E-state index in [9.17, 15) is 19.2 Å². The van der Waals surface area contributed by atoms with Crippen molar-refractivity contribution in [3.05, 3.63) is 108 Å². The molecule has 1 unspecified atom stereocenters. The standard InChI is InChI=1S/C24H23N2O4.C5H4N.Y/c1-15-2-4-17(5-3-15)13-19(27)8-6-16-7-9-20-18(12-16)14-26(24(20)30)21-10-11-22(28)25-23(21)29;1-2-4-6-5-3-1;/h2-5,7,9,12,21H,1,6,8,10-11,13-14H2,(H,25,28,29);2-5H;/q2*-1;. The summed E-state index contributed by atoms with van der Waals surface area (Å²) in [6, 6.07) is 19.0. The van der Waals surface area contributed by atoms with E-state index >= 15 is 0 Å². The Balaban J connectivity index is 0.000000479. The number of nitrogens with zero attached hydrogens (tertiary/aromatic N) is 2. The minimum Gasteiger partial charge on any atom is -0.391 e. The molecule has 0 aliphatic carbocycles. The molecular weight excluding hydrogens is 543 g/mol. The first kappa shape index (κ1) is 28.4. The van der Waals surface area contributed by atoms with E-state index in [-0.39, 0.29) is 56.7 Å². The largest absolute Gasteiger partial charge is 0.391 e. The van der Waals surface area contributed by atoms with Gasteiger partial charge in [-0.1, -0.05) is 30.1 Å². The molecule has 37 heavy (non-hydrogen) atoms. The van der Waals surface area contributed by atoms with E-state index < -0.39 is 11.9 Å². The van der Waals surface area contributed by atoms with Crippen LogP contribution in [-0.4, -0.2) is 39.4 Å². The summed E-state index contributed by atoms with van der Waals surface area (Å²) in [7, 11) is 0. The second kappa shape index (κ2) is 13.4. The zero-order valence-corrected chi connectivity index (χ0v) is 23.3. The van der Waals surface area contributed by atoms with Gasteiger partial charge in [0.15, 0.2) is 0 Å². The van der Waals surface area contributed by atoms with Crippen molar-refractivity contribution in [2.75, 3.05) is 0 Å². The number of rotatable bonds is 6. The quantitative estimate of drug-likeness (QED) is 0.363. The number of aromatic nitrogens is 1. The van der Waals surface area contributed by atoms with Crippen LogP contribution in [0.2, 0.25) is 0 Å². The molecule has 2 aliphatic heterocycles. The molecule has 2 aliphatic rings. The van der Waals surface area contributed by atoms with Crippen LogP contribution in [0.3, 0.4) is 0 Å². The molecule has 1 atom stereocenters. The molecule has 3 amide bonds. The first-order valence-electron chi connectivity index (χ1n) is 11.9. The Bertz CT molecular complexity index is 1240. The normalized spacial score (nSPS) is 16.2. The summed E-state index contributed by atoms with van der Waals surface area (Å²) >= 11 is 0. The minimum atomic E-state index is -0.614. The number of aryl methyl sites for hydroxylation is 1. The predicted octanol–water partition coefficient (Wildman–Crippen LogP) is 3.25.